The summed E-state index contributed by atoms with van der Waals surface area (Å²) in [6.45, 7) is 0. The molecule has 0 radical (unpaired) electrons. The molecule has 0 amide bonds. The average molecular weight is 244 g/mol. The summed E-state index contributed by atoms with van der Waals surface area (Å²) < 4.78 is 4.31. The van der Waals surface area contributed by atoms with Crippen molar-refractivity contribution in [1.82, 2.24) is 9.97 Å². The van der Waals surface area contributed by atoms with Crippen LogP contribution in [-0.2, 0) is 9.53 Å². The molecule has 2 atom stereocenters. The minimum absolute atomic E-state index is 0.260. The number of ether oxygens (including phenoxy) is 1. The van der Waals surface area contributed by atoms with Gasteiger partial charge in [-0.2, -0.15) is 0 Å². The van der Waals surface area contributed by atoms with E-state index < -0.39 is 18.2 Å². The lowest BCUT2D eigenvalue weighted by Crippen LogP contribution is -2.29. The van der Waals surface area contributed by atoms with Crippen molar-refractivity contribution < 1.29 is 19.7 Å². The van der Waals surface area contributed by atoms with Crippen molar-refractivity contribution >= 4 is 17.7 Å². The van der Waals surface area contributed by atoms with E-state index in [0.29, 0.717) is 5.16 Å². The number of carbonyl (C=O) groups is 1. The number of esters is 1. The number of hydrogen-bond donors (Lipinski definition) is 2. The molecule has 6 nitrogen and oxygen atoms in total. The molecule has 0 saturated carbocycles. The summed E-state index contributed by atoms with van der Waals surface area (Å²) in [7, 11) is 1.13. The Labute approximate surface area is 96.7 Å². The number of rotatable bonds is 4. The Kier molecular flexibility index (Phi) is 4.66. The lowest BCUT2D eigenvalue weighted by molar-refractivity contribution is -0.156. The zero-order valence-electron chi connectivity index (χ0n) is 8.82. The third kappa shape index (κ3) is 2.91. The predicted molar refractivity (Wildman–Crippen MR) is 56.8 cm³/mol. The van der Waals surface area contributed by atoms with Gasteiger partial charge >= 0.3 is 5.97 Å². The van der Waals surface area contributed by atoms with Gasteiger partial charge in [0.05, 0.1) is 7.11 Å². The fraction of sp³-hybridized carbons (Fsp3) is 0.444. The Hall–Kier alpha value is -1.18. The standard InChI is InChI=1S/C9H12N2O4S/c1-15-8(14)7(13)6(12)5-3-10-9(16-2)11-4-5/h3-4,6-7,12-13H,1-2H3. The highest BCUT2D eigenvalue weighted by molar-refractivity contribution is 7.98. The monoisotopic (exact) mass is 244 g/mol. The maximum atomic E-state index is 11.0. The minimum Gasteiger partial charge on any atom is -0.467 e. The first-order valence-electron chi connectivity index (χ1n) is 4.40. The quantitative estimate of drug-likeness (QED) is 0.429. The topological polar surface area (TPSA) is 92.5 Å². The Morgan fingerprint density at radius 1 is 1.44 bits per heavy atom. The van der Waals surface area contributed by atoms with E-state index in [2.05, 4.69) is 14.7 Å². The Balaban J connectivity index is 2.79. The second-order valence-corrected chi connectivity index (χ2v) is 3.69. The molecule has 0 aliphatic carbocycles. The fourth-order valence-corrected chi connectivity index (χ4v) is 1.33. The minimum atomic E-state index is -1.63. The maximum absolute atomic E-state index is 11.0. The van der Waals surface area contributed by atoms with Gasteiger partial charge in [0.15, 0.2) is 11.3 Å². The molecule has 0 spiro atoms. The van der Waals surface area contributed by atoms with E-state index in [9.17, 15) is 15.0 Å². The third-order valence-corrected chi connectivity index (χ3v) is 2.49. The first-order valence-corrected chi connectivity index (χ1v) is 5.62. The zero-order valence-corrected chi connectivity index (χ0v) is 9.64. The van der Waals surface area contributed by atoms with Gasteiger partial charge in [0.25, 0.3) is 0 Å². The maximum Gasteiger partial charge on any atom is 0.337 e. The SMILES string of the molecule is COC(=O)C(O)C(O)c1cnc(SC)nc1. The molecule has 2 N–H and O–H groups in total. The molecule has 2 unspecified atom stereocenters. The van der Waals surface area contributed by atoms with Gasteiger partial charge in [-0.3, -0.25) is 0 Å². The predicted octanol–water partition coefficient (Wildman–Crippen LogP) is -0.234. The molecule has 0 aliphatic rings. The van der Waals surface area contributed by atoms with Crippen molar-refractivity contribution in [1.29, 1.82) is 0 Å². The molecule has 16 heavy (non-hydrogen) atoms. The Bertz CT molecular complexity index is 357. The van der Waals surface area contributed by atoms with E-state index >= 15 is 0 Å². The molecule has 0 fully saturated rings. The molecule has 0 saturated heterocycles. The second-order valence-electron chi connectivity index (χ2n) is 2.92. The van der Waals surface area contributed by atoms with Crippen molar-refractivity contribution in [3.8, 4) is 0 Å². The summed E-state index contributed by atoms with van der Waals surface area (Å²) in [4.78, 5) is 18.8. The lowest BCUT2D eigenvalue weighted by Gasteiger charge is -2.15. The molecule has 0 bridgehead atoms. The third-order valence-electron chi connectivity index (χ3n) is 1.91. The number of hydrogen-bond acceptors (Lipinski definition) is 7. The summed E-state index contributed by atoms with van der Waals surface area (Å²) >= 11 is 1.35. The van der Waals surface area contributed by atoms with Crippen molar-refractivity contribution in [3.63, 3.8) is 0 Å². The first kappa shape index (κ1) is 12.9. The van der Waals surface area contributed by atoms with Crippen molar-refractivity contribution in [2.75, 3.05) is 13.4 Å². The molecular formula is C9H12N2O4S. The van der Waals surface area contributed by atoms with Crippen molar-refractivity contribution in [3.05, 3.63) is 18.0 Å². The smallest absolute Gasteiger partial charge is 0.337 e. The normalized spacial score (nSPS) is 14.2. The van der Waals surface area contributed by atoms with Gasteiger partial charge in [-0.15, -0.1) is 0 Å². The largest absolute Gasteiger partial charge is 0.467 e. The molecule has 1 rings (SSSR count). The molecule has 88 valence electrons. The van der Waals surface area contributed by atoms with E-state index in [-0.39, 0.29) is 5.56 Å². The van der Waals surface area contributed by atoms with Gasteiger partial charge in [-0.05, 0) is 6.26 Å². The Morgan fingerprint density at radius 3 is 2.44 bits per heavy atom. The number of aromatic nitrogens is 2. The highest BCUT2D eigenvalue weighted by Crippen LogP contribution is 2.17. The molecule has 7 heteroatoms. The highest BCUT2D eigenvalue weighted by Gasteiger charge is 2.26. The van der Waals surface area contributed by atoms with Crippen LogP contribution < -0.4 is 0 Å². The number of carbonyl (C=O) groups excluding carboxylic acids is 1. The highest BCUT2D eigenvalue weighted by atomic mass is 32.2. The van der Waals surface area contributed by atoms with Gasteiger partial charge < -0.3 is 14.9 Å². The second kappa shape index (κ2) is 5.78. The van der Waals surface area contributed by atoms with Gasteiger partial charge in [-0.25, -0.2) is 14.8 Å². The van der Waals surface area contributed by atoms with Crippen LogP contribution in [0.5, 0.6) is 0 Å². The van der Waals surface area contributed by atoms with Gasteiger partial charge in [-0.1, -0.05) is 11.8 Å². The molecular weight excluding hydrogens is 232 g/mol. The van der Waals surface area contributed by atoms with E-state index in [0.717, 1.165) is 7.11 Å². The van der Waals surface area contributed by atoms with E-state index in [1.807, 2.05) is 6.26 Å². The van der Waals surface area contributed by atoms with Gasteiger partial charge in [0, 0.05) is 18.0 Å². The average Bonchev–Trinajstić information content (AvgIpc) is 2.36. The summed E-state index contributed by atoms with van der Waals surface area (Å²) in [5.74, 6) is -0.901. The van der Waals surface area contributed by atoms with Crippen LogP contribution in [0.2, 0.25) is 0 Å². The van der Waals surface area contributed by atoms with E-state index in [4.69, 9.17) is 0 Å². The number of aliphatic hydroxyl groups excluding tert-OH is 2. The summed E-state index contributed by atoms with van der Waals surface area (Å²) in [5, 5.41) is 19.5. The molecule has 1 aromatic rings. The summed E-state index contributed by atoms with van der Waals surface area (Å²) in [5.41, 5.74) is 0.260. The number of nitrogens with zero attached hydrogens (tertiary/aromatic N) is 2. The van der Waals surface area contributed by atoms with E-state index in [1.54, 1.807) is 0 Å². The lowest BCUT2D eigenvalue weighted by atomic mass is 10.1. The van der Waals surface area contributed by atoms with Crippen LogP contribution in [0.3, 0.4) is 0 Å². The van der Waals surface area contributed by atoms with Crippen LogP contribution in [0.25, 0.3) is 0 Å². The Morgan fingerprint density at radius 2 is 2.00 bits per heavy atom. The summed E-state index contributed by atoms with van der Waals surface area (Å²) in [6.07, 6.45) is 1.51. The van der Waals surface area contributed by atoms with Crippen LogP contribution in [0.4, 0.5) is 0 Å². The van der Waals surface area contributed by atoms with Gasteiger partial charge in [0.1, 0.15) is 6.10 Å². The molecule has 1 aromatic heterocycles. The molecule has 0 aliphatic heterocycles. The van der Waals surface area contributed by atoms with Crippen LogP contribution in [-0.4, -0.2) is 45.6 Å². The van der Waals surface area contributed by atoms with Crippen LogP contribution in [0.15, 0.2) is 17.6 Å². The molecule has 0 aromatic carbocycles. The van der Waals surface area contributed by atoms with Crippen LogP contribution in [0.1, 0.15) is 11.7 Å². The first-order chi connectivity index (χ1) is 7.60. The number of thioether (sulfide) groups is 1. The van der Waals surface area contributed by atoms with E-state index in [1.165, 1.54) is 24.2 Å². The summed E-state index contributed by atoms with van der Waals surface area (Å²) in [6, 6.07) is 0. The zero-order chi connectivity index (χ0) is 12.1. The van der Waals surface area contributed by atoms with Crippen molar-refractivity contribution in [2.45, 2.75) is 17.4 Å². The van der Waals surface area contributed by atoms with Crippen LogP contribution in [0, 0.1) is 0 Å². The van der Waals surface area contributed by atoms with Gasteiger partial charge in [0.2, 0.25) is 0 Å². The number of methoxy groups -OCH3 is 1. The van der Waals surface area contributed by atoms with Crippen LogP contribution >= 0.6 is 11.8 Å². The van der Waals surface area contributed by atoms with Crippen molar-refractivity contribution in [2.24, 2.45) is 0 Å². The molecule has 1 heterocycles. The number of aliphatic hydroxyl groups is 2. The fourth-order valence-electron chi connectivity index (χ4n) is 1.02.